The molecule has 0 saturated heterocycles. The summed E-state index contributed by atoms with van der Waals surface area (Å²) in [5.74, 6) is -1.10. The predicted octanol–water partition coefficient (Wildman–Crippen LogP) is 4.00. The summed E-state index contributed by atoms with van der Waals surface area (Å²) in [6.07, 6.45) is 3.48. The van der Waals surface area contributed by atoms with E-state index < -0.39 is 5.97 Å². The van der Waals surface area contributed by atoms with Crippen molar-refractivity contribution in [2.75, 3.05) is 6.26 Å². The zero-order valence-corrected chi connectivity index (χ0v) is 15.9. The van der Waals surface area contributed by atoms with Crippen molar-refractivity contribution >= 4 is 47.2 Å². The van der Waals surface area contributed by atoms with E-state index in [1.807, 2.05) is 30.5 Å². The second kappa shape index (κ2) is 8.44. The van der Waals surface area contributed by atoms with Gasteiger partial charge in [-0.05, 0) is 53.9 Å². The van der Waals surface area contributed by atoms with E-state index >= 15 is 0 Å². The van der Waals surface area contributed by atoms with E-state index in [2.05, 4.69) is 10.2 Å². The summed E-state index contributed by atoms with van der Waals surface area (Å²) in [5.41, 5.74) is 1.32. The number of carbonyl (C=O) groups is 1. The van der Waals surface area contributed by atoms with Gasteiger partial charge in [-0.15, -0.1) is 22.0 Å². The van der Waals surface area contributed by atoms with Gasteiger partial charge in [0.05, 0.1) is 16.6 Å². The summed E-state index contributed by atoms with van der Waals surface area (Å²) in [4.78, 5) is 12.5. The minimum Gasteiger partial charge on any atom is -0.544 e. The number of rotatable bonds is 6. The van der Waals surface area contributed by atoms with Crippen LogP contribution in [0.1, 0.15) is 5.56 Å². The molecule has 0 radical (unpaired) electrons. The minimum atomic E-state index is -1.32. The molecule has 0 spiro atoms. The second-order valence-electron chi connectivity index (χ2n) is 5.02. The van der Waals surface area contributed by atoms with Crippen molar-refractivity contribution in [1.82, 2.24) is 10.2 Å². The van der Waals surface area contributed by atoms with E-state index in [4.69, 9.17) is 16.0 Å². The summed E-state index contributed by atoms with van der Waals surface area (Å²) >= 11 is 8.55. The number of aromatic nitrogens is 2. The molecular weight excluding hydrogens is 392 g/mol. The van der Waals surface area contributed by atoms with Gasteiger partial charge in [-0.1, -0.05) is 35.9 Å². The van der Waals surface area contributed by atoms with Crippen molar-refractivity contribution in [3.8, 4) is 11.5 Å². The molecule has 0 bridgehead atoms. The van der Waals surface area contributed by atoms with Crippen LogP contribution in [0.5, 0.6) is 0 Å². The van der Waals surface area contributed by atoms with Gasteiger partial charge < -0.3 is 14.3 Å². The Morgan fingerprint density at radius 3 is 2.54 bits per heavy atom. The first-order valence-electron chi connectivity index (χ1n) is 7.40. The summed E-state index contributed by atoms with van der Waals surface area (Å²) in [6, 6.07) is 14.5. The van der Waals surface area contributed by atoms with Crippen LogP contribution in [0.25, 0.3) is 17.5 Å². The lowest BCUT2D eigenvalue weighted by atomic mass is 10.2. The third-order valence-corrected chi connectivity index (χ3v) is 5.24. The quantitative estimate of drug-likeness (QED) is 0.454. The average molecular weight is 404 g/mol. The summed E-state index contributed by atoms with van der Waals surface area (Å²) in [7, 11) is 0. The highest BCUT2D eigenvalue weighted by Crippen LogP contribution is 2.32. The fourth-order valence-corrected chi connectivity index (χ4v) is 3.36. The number of nitrogens with zero attached hydrogens (tertiary/aromatic N) is 2. The largest absolute Gasteiger partial charge is 0.544 e. The van der Waals surface area contributed by atoms with Gasteiger partial charge in [0.15, 0.2) is 0 Å². The monoisotopic (exact) mass is 403 g/mol. The van der Waals surface area contributed by atoms with Crippen LogP contribution in [0, 0.1) is 0 Å². The highest BCUT2D eigenvalue weighted by atomic mass is 35.5. The lowest BCUT2D eigenvalue weighted by Crippen LogP contribution is -2.23. The number of thioether (sulfide) groups is 2. The maximum absolute atomic E-state index is 11.4. The van der Waals surface area contributed by atoms with Crippen molar-refractivity contribution in [2.45, 2.75) is 10.1 Å². The number of aliphatic carboxylic acids is 1. The highest BCUT2D eigenvalue weighted by molar-refractivity contribution is 8.03. The number of carboxylic acid groups (broad SMARTS) is 1. The Hall–Kier alpha value is -2.22. The predicted molar refractivity (Wildman–Crippen MR) is 102 cm³/mol. The first-order chi connectivity index (χ1) is 12.6. The molecule has 0 aliphatic rings. The SMILES string of the molecule is CSc1ccc(/C=C(/Sc2nnc(-c3ccccc3Cl)o2)C(=O)[O-])cc1. The zero-order chi connectivity index (χ0) is 18.5. The Balaban J connectivity index is 1.84. The summed E-state index contributed by atoms with van der Waals surface area (Å²) in [5, 5.41) is 19.8. The highest BCUT2D eigenvalue weighted by Gasteiger charge is 2.14. The van der Waals surface area contributed by atoms with E-state index in [1.165, 1.54) is 6.08 Å². The van der Waals surface area contributed by atoms with Gasteiger partial charge in [0.1, 0.15) is 0 Å². The first kappa shape index (κ1) is 18.6. The zero-order valence-electron chi connectivity index (χ0n) is 13.5. The maximum Gasteiger partial charge on any atom is 0.281 e. The molecule has 26 heavy (non-hydrogen) atoms. The van der Waals surface area contributed by atoms with Crippen molar-refractivity contribution in [1.29, 1.82) is 0 Å². The molecule has 0 N–H and O–H groups in total. The molecule has 2 aromatic carbocycles. The van der Waals surface area contributed by atoms with Crippen molar-refractivity contribution in [2.24, 2.45) is 0 Å². The molecule has 1 aromatic heterocycles. The summed E-state index contributed by atoms with van der Waals surface area (Å²) in [6.45, 7) is 0. The fourth-order valence-electron chi connectivity index (χ4n) is 2.07. The van der Waals surface area contributed by atoms with E-state index in [0.717, 1.165) is 22.2 Å². The Bertz CT molecular complexity index is 955. The molecule has 132 valence electrons. The Kier molecular flexibility index (Phi) is 6.03. The number of carboxylic acids is 1. The Labute approximate surface area is 163 Å². The Morgan fingerprint density at radius 2 is 1.88 bits per heavy atom. The van der Waals surface area contributed by atoms with Gasteiger partial charge in [-0.3, -0.25) is 0 Å². The minimum absolute atomic E-state index is 0.0312. The molecule has 0 saturated carbocycles. The van der Waals surface area contributed by atoms with Crippen LogP contribution in [0.3, 0.4) is 0 Å². The number of benzene rings is 2. The third kappa shape index (κ3) is 4.49. The number of hydrogen-bond donors (Lipinski definition) is 0. The smallest absolute Gasteiger partial charge is 0.281 e. The lowest BCUT2D eigenvalue weighted by Gasteiger charge is -2.06. The number of halogens is 1. The number of hydrogen-bond acceptors (Lipinski definition) is 7. The van der Waals surface area contributed by atoms with Crippen LogP contribution in [-0.2, 0) is 4.79 Å². The van der Waals surface area contributed by atoms with E-state index in [-0.39, 0.29) is 16.0 Å². The van der Waals surface area contributed by atoms with Crippen LogP contribution < -0.4 is 5.11 Å². The van der Waals surface area contributed by atoms with E-state index in [9.17, 15) is 9.90 Å². The molecule has 1 heterocycles. The van der Waals surface area contributed by atoms with E-state index in [1.54, 1.807) is 36.0 Å². The van der Waals surface area contributed by atoms with Gasteiger partial charge >= 0.3 is 0 Å². The lowest BCUT2D eigenvalue weighted by molar-refractivity contribution is -0.298. The average Bonchev–Trinajstić information content (AvgIpc) is 3.10. The van der Waals surface area contributed by atoms with Crippen LogP contribution in [0.2, 0.25) is 5.02 Å². The normalized spacial score (nSPS) is 11.5. The standard InChI is InChI=1S/C18H13ClN2O3S2/c1-25-12-8-6-11(7-9-12)10-15(17(22)23)26-18-21-20-16(24-18)13-4-2-3-5-14(13)19/h2-10H,1H3,(H,22,23)/p-1/b15-10+. The Morgan fingerprint density at radius 1 is 1.15 bits per heavy atom. The molecule has 0 fully saturated rings. The van der Waals surface area contributed by atoms with Crippen molar-refractivity contribution < 1.29 is 14.3 Å². The maximum atomic E-state index is 11.4. The molecule has 3 aromatic rings. The molecule has 0 atom stereocenters. The van der Waals surface area contributed by atoms with Gasteiger partial charge in [0, 0.05) is 9.80 Å². The molecule has 0 aliphatic carbocycles. The van der Waals surface area contributed by atoms with Crippen molar-refractivity contribution in [3.05, 3.63) is 64.0 Å². The molecule has 0 aliphatic heterocycles. The molecule has 3 rings (SSSR count). The molecule has 0 amide bonds. The van der Waals surface area contributed by atoms with Gasteiger partial charge in [-0.25, -0.2) is 0 Å². The fraction of sp³-hybridized carbons (Fsp3) is 0.0556. The van der Waals surface area contributed by atoms with Crippen LogP contribution in [-0.4, -0.2) is 22.4 Å². The van der Waals surface area contributed by atoms with Gasteiger partial charge in [0.25, 0.3) is 5.22 Å². The topological polar surface area (TPSA) is 79.0 Å². The van der Waals surface area contributed by atoms with Gasteiger partial charge in [-0.2, -0.15) is 0 Å². The van der Waals surface area contributed by atoms with Gasteiger partial charge in [0.2, 0.25) is 5.89 Å². The molecular formula is C18H12ClN2O3S2-. The first-order valence-corrected chi connectivity index (χ1v) is 9.82. The second-order valence-corrected chi connectivity index (χ2v) is 7.30. The van der Waals surface area contributed by atoms with E-state index in [0.29, 0.717) is 10.6 Å². The summed E-state index contributed by atoms with van der Waals surface area (Å²) < 4.78 is 5.53. The van der Waals surface area contributed by atoms with Crippen LogP contribution >= 0.6 is 35.1 Å². The third-order valence-electron chi connectivity index (χ3n) is 3.32. The molecule has 0 unspecified atom stereocenters. The van der Waals surface area contributed by atoms with Crippen LogP contribution in [0.15, 0.2) is 68.0 Å². The molecule has 8 heteroatoms. The number of carbonyl (C=O) groups excluding carboxylic acids is 1. The van der Waals surface area contributed by atoms with Crippen LogP contribution in [0.4, 0.5) is 0 Å². The molecule has 5 nitrogen and oxygen atoms in total. The van der Waals surface area contributed by atoms with Crippen molar-refractivity contribution in [3.63, 3.8) is 0 Å².